The predicted octanol–water partition coefficient (Wildman–Crippen LogP) is 3.20. The molecule has 0 aromatic heterocycles. The standard InChI is InChI=1S/C42H75NO13/c1-3-5-7-9-11-13-15-16-17-19-21-23-25-31(46)30(43-34(47)26-24-22-20-18-14-12-10-8-6-4-2)29-53-41-39(52)37(50)40(33(28-45)55-41)56-42-38(51)36(49)35(48)32(27-44)54-42/h9,11,16-17,23,25,30-33,35-42,44-46,48-52H,3-8,10,12-15,18-22,24,26-29H2,1-2H3,(H,43,47)/b11-9+,17-16+,25-23+. The third-order valence-electron chi connectivity index (χ3n) is 10.3. The lowest BCUT2D eigenvalue weighted by molar-refractivity contribution is -0.359. The van der Waals surface area contributed by atoms with E-state index < -0.39 is 86.8 Å². The van der Waals surface area contributed by atoms with E-state index in [0.717, 1.165) is 44.9 Å². The van der Waals surface area contributed by atoms with Gasteiger partial charge in [-0.2, -0.15) is 0 Å². The van der Waals surface area contributed by atoms with Gasteiger partial charge in [-0.3, -0.25) is 4.79 Å². The first-order valence-corrected chi connectivity index (χ1v) is 21.2. The number of nitrogens with one attached hydrogen (secondary N) is 1. The molecule has 0 aromatic rings. The van der Waals surface area contributed by atoms with Crippen molar-refractivity contribution in [2.45, 2.75) is 203 Å². The van der Waals surface area contributed by atoms with Gasteiger partial charge in [0.1, 0.15) is 48.8 Å². The van der Waals surface area contributed by atoms with Crippen molar-refractivity contribution >= 4 is 5.91 Å². The van der Waals surface area contributed by atoms with Gasteiger partial charge in [0.15, 0.2) is 12.6 Å². The zero-order valence-electron chi connectivity index (χ0n) is 33.9. The number of unbranched alkanes of at least 4 members (excludes halogenated alkanes) is 13. The molecule has 56 heavy (non-hydrogen) atoms. The highest BCUT2D eigenvalue weighted by Crippen LogP contribution is 2.29. The molecule has 2 heterocycles. The molecule has 14 heteroatoms. The van der Waals surface area contributed by atoms with E-state index in [2.05, 4.69) is 43.5 Å². The normalized spacial score (nSPS) is 29.8. The molecule has 2 aliphatic rings. The zero-order chi connectivity index (χ0) is 41.1. The van der Waals surface area contributed by atoms with Crippen LogP contribution in [0.4, 0.5) is 0 Å². The summed E-state index contributed by atoms with van der Waals surface area (Å²) in [6, 6.07) is -0.930. The molecule has 326 valence electrons. The lowest BCUT2D eigenvalue weighted by Gasteiger charge is -2.46. The van der Waals surface area contributed by atoms with E-state index in [1.54, 1.807) is 6.08 Å². The summed E-state index contributed by atoms with van der Waals surface area (Å²) >= 11 is 0. The number of allylic oxidation sites excluding steroid dienone is 5. The molecule has 0 spiro atoms. The van der Waals surface area contributed by atoms with Crippen LogP contribution in [-0.2, 0) is 23.7 Å². The summed E-state index contributed by atoms with van der Waals surface area (Å²) in [6.07, 6.45) is 13.5. The van der Waals surface area contributed by atoms with Crippen molar-refractivity contribution < 1.29 is 64.6 Å². The number of aliphatic hydroxyl groups is 8. The molecule has 9 N–H and O–H groups in total. The maximum atomic E-state index is 13.0. The molecule has 2 aliphatic heterocycles. The van der Waals surface area contributed by atoms with Crippen molar-refractivity contribution in [3.05, 3.63) is 36.5 Å². The van der Waals surface area contributed by atoms with Crippen LogP contribution in [0.5, 0.6) is 0 Å². The number of rotatable bonds is 30. The zero-order valence-corrected chi connectivity index (χ0v) is 33.9. The number of hydrogen-bond acceptors (Lipinski definition) is 13. The van der Waals surface area contributed by atoms with Crippen LogP contribution >= 0.6 is 0 Å². The molecule has 2 saturated heterocycles. The third-order valence-corrected chi connectivity index (χ3v) is 10.3. The van der Waals surface area contributed by atoms with Crippen molar-refractivity contribution in [2.75, 3.05) is 19.8 Å². The van der Waals surface area contributed by atoms with E-state index in [-0.39, 0.29) is 18.9 Å². The highest BCUT2D eigenvalue weighted by Gasteiger charge is 2.50. The summed E-state index contributed by atoms with van der Waals surface area (Å²) < 4.78 is 22.5. The van der Waals surface area contributed by atoms with Gasteiger partial charge in [-0.25, -0.2) is 0 Å². The van der Waals surface area contributed by atoms with Crippen LogP contribution in [0, 0.1) is 0 Å². The van der Waals surface area contributed by atoms with Gasteiger partial charge in [-0.05, 0) is 38.5 Å². The van der Waals surface area contributed by atoms with Crippen LogP contribution in [0.25, 0.3) is 0 Å². The lowest BCUT2D eigenvalue weighted by atomic mass is 9.97. The number of ether oxygens (including phenoxy) is 4. The second-order valence-corrected chi connectivity index (χ2v) is 15.1. The summed E-state index contributed by atoms with van der Waals surface area (Å²) in [6.45, 7) is 2.64. The Morgan fingerprint density at radius 3 is 1.73 bits per heavy atom. The second kappa shape index (κ2) is 30.3. The number of carbonyl (C=O) groups is 1. The third kappa shape index (κ3) is 18.9. The van der Waals surface area contributed by atoms with Crippen molar-refractivity contribution in [1.29, 1.82) is 0 Å². The minimum Gasteiger partial charge on any atom is -0.394 e. The Hall–Kier alpha value is -1.79. The highest BCUT2D eigenvalue weighted by atomic mass is 16.7. The molecule has 0 aromatic carbocycles. The predicted molar refractivity (Wildman–Crippen MR) is 212 cm³/mol. The quantitative estimate of drug-likeness (QED) is 0.0376. The lowest BCUT2D eigenvalue weighted by Crippen LogP contribution is -2.65. The van der Waals surface area contributed by atoms with Crippen LogP contribution in [0.15, 0.2) is 36.5 Å². The summed E-state index contributed by atoms with van der Waals surface area (Å²) in [4.78, 5) is 13.0. The van der Waals surface area contributed by atoms with E-state index in [0.29, 0.717) is 12.8 Å². The molecular formula is C42H75NO13. The summed E-state index contributed by atoms with van der Waals surface area (Å²) in [5.74, 6) is -0.260. The largest absolute Gasteiger partial charge is 0.394 e. The van der Waals surface area contributed by atoms with Crippen LogP contribution in [0.3, 0.4) is 0 Å². The molecule has 2 fully saturated rings. The van der Waals surface area contributed by atoms with E-state index in [1.165, 1.54) is 51.4 Å². The van der Waals surface area contributed by atoms with Crippen molar-refractivity contribution in [1.82, 2.24) is 5.32 Å². The molecule has 0 bridgehead atoms. The Morgan fingerprint density at radius 2 is 1.14 bits per heavy atom. The molecule has 12 unspecified atom stereocenters. The number of carbonyl (C=O) groups excluding carboxylic acids is 1. The van der Waals surface area contributed by atoms with Gasteiger partial charge < -0.3 is 65.1 Å². The average molecular weight is 802 g/mol. The molecule has 12 atom stereocenters. The van der Waals surface area contributed by atoms with Gasteiger partial charge in [0.05, 0.1) is 32.0 Å². The van der Waals surface area contributed by atoms with E-state index in [4.69, 9.17) is 18.9 Å². The Bertz CT molecular complexity index is 1090. The summed E-state index contributed by atoms with van der Waals surface area (Å²) in [5.41, 5.74) is 0. The Morgan fingerprint density at radius 1 is 0.625 bits per heavy atom. The van der Waals surface area contributed by atoms with Crippen LogP contribution in [-0.4, -0.2) is 140 Å². The molecule has 2 rings (SSSR count). The summed E-state index contributed by atoms with van der Waals surface area (Å²) in [7, 11) is 0. The smallest absolute Gasteiger partial charge is 0.220 e. The Kier molecular flexibility index (Phi) is 27.2. The van der Waals surface area contributed by atoms with Crippen molar-refractivity contribution in [3.8, 4) is 0 Å². The van der Waals surface area contributed by atoms with Gasteiger partial charge in [-0.15, -0.1) is 0 Å². The minimum absolute atomic E-state index is 0.260. The fourth-order valence-electron chi connectivity index (χ4n) is 6.72. The van der Waals surface area contributed by atoms with Gasteiger partial charge in [0, 0.05) is 6.42 Å². The van der Waals surface area contributed by atoms with E-state index in [9.17, 15) is 45.6 Å². The Labute approximate surface area is 334 Å². The van der Waals surface area contributed by atoms with Crippen LogP contribution in [0.1, 0.15) is 129 Å². The minimum atomic E-state index is -1.79. The van der Waals surface area contributed by atoms with Gasteiger partial charge in [0.2, 0.25) is 5.91 Å². The highest BCUT2D eigenvalue weighted by molar-refractivity contribution is 5.76. The number of amides is 1. The van der Waals surface area contributed by atoms with Gasteiger partial charge in [0.25, 0.3) is 0 Å². The summed E-state index contributed by atoms with van der Waals surface area (Å²) in [5, 5.41) is 86.1. The van der Waals surface area contributed by atoms with Gasteiger partial charge in [-0.1, -0.05) is 121 Å². The monoisotopic (exact) mass is 802 g/mol. The first-order chi connectivity index (χ1) is 27.1. The maximum absolute atomic E-state index is 13.0. The average Bonchev–Trinajstić information content (AvgIpc) is 3.19. The molecule has 1 amide bonds. The fourth-order valence-corrected chi connectivity index (χ4v) is 6.72. The van der Waals surface area contributed by atoms with Crippen molar-refractivity contribution in [3.63, 3.8) is 0 Å². The van der Waals surface area contributed by atoms with E-state index in [1.807, 2.05) is 6.08 Å². The fraction of sp³-hybridized carbons (Fsp3) is 0.833. The van der Waals surface area contributed by atoms with Gasteiger partial charge >= 0.3 is 0 Å². The molecule has 0 aliphatic carbocycles. The number of hydrogen-bond donors (Lipinski definition) is 9. The topological polar surface area (TPSA) is 228 Å². The molecular weight excluding hydrogens is 726 g/mol. The van der Waals surface area contributed by atoms with Crippen LogP contribution < -0.4 is 5.32 Å². The van der Waals surface area contributed by atoms with Crippen LogP contribution in [0.2, 0.25) is 0 Å². The second-order valence-electron chi connectivity index (χ2n) is 15.1. The van der Waals surface area contributed by atoms with E-state index >= 15 is 0 Å². The molecule has 14 nitrogen and oxygen atoms in total. The number of aliphatic hydroxyl groups excluding tert-OH is 8. The molecule has 0 radical (unpaired) electrons. The first-order valence-electron chi connectivity index (χ1n) is 21.2. The first kappa shape index (κ1) is 50.4. The molecule has 0 saturated carbocycles. The van der Waals surface area contributed by atoms with Crippen molar-refractivity contribution in [2.24, 2.45) is 0 Å². The maximum Gasteiger partial charge on any atom is 0.220 e. The SMILES string of the molecule is CCCC/C=C/CC/C=C/CC/C=C/C(O)C(COC1OC(CO)C(OC2OC(CO)C(O)C(O)C2O)C(O)C1O)NC(=O)CCCCCCCCCCCC. The Balaban J connectivity index is 1.97.